The first-order valence-electron chi connectivity index (χ1n) is 7.55. The van der Waals surface area contributed by atoms with Gasteiger partial charge in [-0.2, -0.15) is 10.2 Å². The predicted molar refractivity (Wildman–Crippen MR) is 84.4 cm³/mol. The molecule has 0 N–H and O–H groups in total. The lowest BCUT2D eigenvalue weighted by atomic mass is 10.1. The monoisotopic (exact) mass is 294 g/mol. The average molecular weight is 294 g/mol. The van der Waals surface area contributed by atoms with E-state index in [0.29, 0.717) is 0 Å². The summed E-state index contributed by atoms with van der Waals surface area (Å²) in [4.78, 5) is 0. The number of rotatable bonds is 2. The molecule has 0 aliphatic carbocycles. The number of ether oxygens (including phenoxy) is 1. The molecule has 1 aromatic carbocycles. The largest absolute Gasteiger partial charge is 0.477 e. The summed E-state index contributed by atoms with van der Waals surface area (Å²) in [6, 6.07) is 10.4. The number of hydrogen-bond acceptors (Lipinski definition) is 3. The van der Waals surface area contributed by atoms with E-state index in [2.05, 4.69) is 41.4 Å². The summed E-state index contributed by atoms with van der Waals surface area (Å²) in [6.07, 6.45) is 2.90. The van der Waals surface area contributed by atoms with E-state index < -0.39 is 0 Å². The normalized spacial score (nSPS) is 13.7. The highest BCUT2D eigenvalue weighted by molar-refractivity contribution is 5.70. The molecular formula is C17H18N4O. The summed E-state index contributed by atoms with van der Waals surface area (Å²) in [5.41, 5.74) is 5.35. The molecule has 5 nitrogen and oxygen atoms in total. The van der Waals surface area contributed by atoms with Gasteiger partial charge in [0.1, 0.15) is 0 Å². The molecule has 0 bridgehead atoms. The van der Waals surface area contributed by atoms with Gasteiger partial charge in [-0.25, -0.2) is 9.36 Å². The van der Waals surface area contributed by atoms with Gasteiger partial charge in [0.2, 0.25) is 5.88 Å². The summed E-state index contributed by atoms with van der Waals surface area (Å²) >= 11 is 0. The third-order valence-electron chi connectivity index (χ3n) is 3.96. The standard InChI is InChI=1S/C17H18N4O/c1-12-9-13(2)21(19-12)15-6-3-5-14(10-15)16-11-18-20-7-4-8-22-17(16)20/h3,5-6,9-11H,4,7-8H2,1-2H3. The van der Waals surface area contributed by atoms with Crippen LogP contribution in [-0.2, 0) is 6.54 Å². The molecule has 0 amide bonds. The molecule has 0 spiro atoms. The molecule has 0 radical (unpaired) electrons. The first kappa shape index (κ1) is 13.1. The SMILES string of the molecule is Cc1cc(C)n(-c2cccc(-c3cnn4c3OCCC4)c2)n1. The summed E-state index contributed by atoms with van der Waals surface area (Å²) in [5, 5.41) is 8.98. The van der Waals surface area contributed by atoms with Crippen LogP contribution in [0.15, 0.2) is 36.5 Å². The summed E-state index contributed by atoms with van der Waals surface area (Å²) in [5.74, 6) is 0.872. The predicted octanol–water partition coefficient (Wildman–Crippen LogP) is 3.14. The maximum atomic E-state index is 5.80. The molecule has 112 valence electrons. The van der Waals surface area contributed by atoms with Crippen LogP contribution < -0.4 is 4.74 Å². The summed E-state index contributed by atoms with van der Waals surface area (Å²) in [6.45, 7) is 5.76. The highest BCUT2D eigenvalue weighted by atomic mass is 16.5. The molecule has 3 aromatic rings. The molecule has 0 saturated carbocycles. The van der Waals surface area contributed by atoms with Crippen LogP contribution in [0.1, 0.15) is 17.8 Å². The van der Waals surface area contributed by atoms with E-state index in [9.17, 15) is 0 Å². The van der Waals surface area contributed by atoms with Gasteiger partial charge in [0, 0.05) is 18.7 Å². The van der Waals surface area contributed by atoms with E-state index in [0.717, 1.165) is 53.7 Å². The van der Waals surface area contributed by atoms with Crippen molar-refractivity contribution in [2.24, 2.45) is 0 Å². The molecule has 22 heavy (non-hydrogen) atoms. The average Bonchev–Trinajstić information content (AvgIpc) is 3.10. The summed E-state index contributed by atoms with van der Waals surface area (Å²) in [7, 11) is 0. The molecule has 0 atom stereocenters. The Labute approximate surface area is 129 Å². The zero-order valence-electron chi connectivity index (χ0n) is 12.8. The second-order valence-corrected chi connectivity index (χ2v) is 5.68. The molecule has 4 rings (SSSR count). The quantitative estimate of drug-likeness (QED) is 0.729. The molecule has 5 heteroatoms. The van der Waals surface area contributed by atoms with Gasteiger partial charge >= 0.3 is 0 Å². The molecule has 0 saturated heterocycles. The van der Waals surface area contributed by atoms with Crippen LogP contribution in [0.2, 0.25) is 0 Å². The number of benzene rings is 1. The van der Waals surface area contributed by atoms with Gasteiger partial charge in [-0.15, -0.1) is 0 Å². The van der Waals surface area contributed by atoms with E-state index in [1.54, 1.807) is 0 Å². The summed E-state index contributed by atoms with van der Waals surface area (Å²) < 4.78 is 9.71. The molecule has 1 aliphatic heterocycles. The number of aromatic nitrogens is 4. The number of fused-ring (bicyclic) bond motifs is 1. The Morgan fingerprint density at radius 3 is 2.91 bits per heavy atom. The van der Waals surface area contributed by atoms with Crippen molar-refractivity contribution in [2.75, 3.05) is 6.61 Å². The minimum absolute atomic E-state index is 0.760. The van der Waals surface area contributed by atoms with Crippen molar-refractivity contribution in [2.45, 2.75) is 26.8 Å². The lowest BCUT2D eigenvalue weighted by molar-refractivity contribution is 0.231. The van der Waals surface area contributed by atoms with Crippen molar-refractivity contribution in [1.82, 2.24) is 19.6 Å². The van der Waals surface area contributed by atoms with Crippen molar-refractivity contribution in [3.8, 4) is 22.7 Å². The molecule has 0 fully saturated rings. The molecular weight excluding hydrogens is 276 g/mol. The van der Waals surface area contributed by atoms with Gasteiger partial charge in [0.25, 0.3) is 0 Å². The highest BCUT2D eigenvalue weighted by Gasteiger charge is 2.18. The van der Waals surface area contributed by atoms with Gasteiger partial charge in [0.15, 0.2) is 0 Å². The number of nitrogens with zero attached hydrogens (tertiary/aromatic N) is 4. The molecule has 1 aliphatic rings. The zero-order valence-corrected chi connectivity index (χ0v) is 12.8. The fourth-order valence-corrected chi connectivity index (χ4v) is 2.96. The lowest BCUT2D eigenvalue weighted by Gasteiger charge is -2.16. The van der Waals surface area contributed by atoms with E-state index in [1.165, 1.54) is 0 Å². The first-order chi connectivity index (χ1) is 10.7. The molecule has 3 heterocycles. The van der Waals surface area contributed by atoms with E-state index in [1.807, 2.05) is 28.6 Å². The second-order valence-electron chi connectivity index (χ2n) is 5.68. The molecule has 0 unspecified atom stereocenters. The van der Waals surface area contributed by atoms with Gasteiger partial charge in [-0.05, 0) is 37.6 Å². The Bertz CT molecular complexity index is 831. The van der Waals surface area contributed by atoms with Crippen LogP contribution in [0.4, 0.5) is 0 Å². The van der Waals surface area contributed by atoms with E-state index in [4.69, 9.17) is 4.74 Å². The van der Waals surface area contributed by atoms with Crippen molar-refractivity contribution in [3.63, 3.8) is 0 Å². The Morgan fingerprint density at radius 2 is 2.09 bits per heavy atom. The van der Waals surface area contributed by atoms with Crippen molar-refractivity contribution in [3.05, 3.63) is 47.9 Å². The van der Waals surface area contributed by atoms with Gasteiger partial charge < -0.3 is 4.74 Å². The van der Waals surface area contributed by atoms with Gasteiger partial charge in [0.05, 0.1) is 29.7 Å². The van der Waals surface area contributed by atoms with Crippen LogP contribution in [0.3, 0.4) is 0 Å². The van der Waals surface area contributed by atoms with E-state index >= 15 is 0 Å². The van der Waals surface area contributed by atoms with Crippen molar-refractivity contribution >= 4 is 0 Å². The van der Waals surface area contributed by atoms with Crippen LogP contribution >= 0.6 is 0 Å². The zero-order chi connectivity index (χ0) is 15.1. The number of aryl methyl sites for hydroxylation is 3. The fraction of sp³-hybridized carbons (Fsp3) is 0.294. The topological polar surface area (TPSA) is 44.9 Å². The Hall–Kier alpha value is -2.56. The maximum absolute atomic E-state index is 5.80. The van der Waals surface area contributed by atoms with Crippen LogP contribution in [-0.4, -0.2) is 26.2 Å². The van der Waals surface area contributed by atoms with Crippen molar-refractivity contribution < 1.29 is 4.74 Å². The Balaban J connectivity index is 1.79. The third-order valence-corrected chi connectivity index (χ3v) is 3.96. The van der Waals surface area contributed by atoms with Crippen LogP contribution in [0.25, 0.3) is 16.8 Å². The first-order valence-corrected chi connectivity index (χ1v) is 7.55. The highest BCUT2D eigenvalue weighted by Crippen LogP contribution is 2.33. The van der Waals surface area contributed by atoms with Crippen molar-refractivity contribution in [1.29, 1.82) is 0 Å². The third kappa shape index (κ3) is 2.09. The van der Waals surface area contributed by atoms with Gasteiger partial charge in [-0.1, -0.05) is 12.1 Å². The Morgan fingerprint density at radius 1 is 1.18 bits per heavy atom. The van der Waals surface area contributed by atoms with Crippen LogP contribution in [0.5, 0.6) is 5.88 Å². The second kappa shape index (κ2) is 5.02. The maximum Gasteiger partial charge on any atom is 0.219 e. The Kier molecular flexibility index (Phi) is 2.99. The minimum atomic E-state index is 0.760. The minimum Gasteiger partial charge on any atom is -0.477 e. The van der Waals surface area contributed by atoms with E-state index in [-0.39, 0.29) is 0 Å². The lowest BCUT2D eigenvalue weighted by Crippen LogP contribution is -2.14. The fourth-order valence-electron chi connectivity index (χ4n) is 2.96. The van der Waals surface area contributed by atoms with Crippen LogP contribution in [0, 0.1) is 13.8 Å². The number of hydrogen-bond donors (Lipinski definition) is 0. The molecule has 2 aromatic heterocycles. The van der Waals surface area contributed by atoms with Gasteiger partial charge in [-0.3, -0.25) is 0 Å². The smallest absolute Gasteiger partial charge is 0.219 e.